The summed E-state index contributed by atoms with van der Waals surface area (Å²) in [5.74, 6) is 0.376. The van der Waals surface area contributed by atoms with Gasteiger partial charge < -0.3 is 16.2 Å². The van der Waals surface area contributed by atoms with Crippen LogP contribution in [0.15, 0.2) is 12.1 Å². The number of rotatable bonds is 4. The number of primary amides is 1. The van der Waals surface area contributed by atoms with E-state index in [1.807, 2.05) is 6.92 Å². The van der Waals surface area contributed by atoms with Gasteiger partial charge in [0, 0.05) is 23.2 Å². The summed E-state index contributed by atoms with van der Waals surface area (Å²) in [5, 5.41) is 0. The second-order valence-corrected chi connectivity index (χ2v) is 5.14. The Balaban J connectivity index is 2.15. The lowest BCUT2D eigenvalue weighted by Gasteiger charge is -2.30. The van der Waals surface area contributed by atoms with Crippen molar-refractivity contribution < 1.29 is 9.53 Å². The van der Waals surface area contributed by atoms with Gasteiger partial charge in [-0.25, -0.2) is 4.98 Å². The fourth-order valence-electron chi connectivity index (χ4n) is 2.59. The normalized spacial score (nSPS) is 23.1. The Morgan fingerprint density at radius 1 is 1.42 bits per heavy atom. The second kappa shape index (κ2) is 6.02. The van der Waals surface area contributed by atoms with Crippen LogP contribution in [0, 0.1) is 12.8 Å². The summed E-state index contributed by atoms with van der Waals surface area (Å²) in [4.78, 5) is 15.5. The maximum Gasteiger partial charge on any atom is 0.248 e. The third kappa shape index (κ3) is 3.44. The lowest BCUT2D eigenvalue weighted by molar-refractivity contribution is 0.0912. The SMILES string of the molecule is Cc1cc(C(N)=O)cc(OC2CCCCC2CN)n1. The Labute approximate surface area is 113 Å². The van der Waals surface area contributed by atoms with Crippen molar-refractivity contribution in [1.82, 2.24) is 4.98 Å². The van der Waals surface area contributed by atoms with Crippen LogP contribution in [0.4, 0.5) is 0 Å². The Hall–Kier alpha value is -1.62. The van der Waals surface area contributed by atoms with Crippen molar-refractivity contribution in [3.63, 3.8) is 0 Å². The molecule has 1 saturated carbocycles. The van der Waals surface area contributed by atoms with Gasteiger partial charge in [0.15, 0.2) is 0 Å². The minimum absolute atomic E-state index is 0.0915. The first-order chi connectivity index (χ1) is 9.10. The van der Waals surface area contributed by atoms with Gasteiger partial charge >= 0.3 is 0 Å². The summed E-state index contributed by atoms with van der Waals surface area (Å²) in [6.45, 7) is 2.44. The summed E-state index contributed by atoms with van der Waals surface area (Å²) in [6, 6.07) is 3.27. The highest BCUT2D eigenvalue weighted by atomic mass is 16.5. The van der Waals surface area contributed by atoms with E-state index in [9.17, 15) is 4.79 Å². The van der Waals surface area contributed by atoms with Crippen LogP contribution in [0.1, 0.15) is 41.7 Å². The van der Waals surface area contributed by atoms with Crippen molar-refractivity contribution in [3.8, 4) is 5.88 Å². The van der Waals surface area contributed by atoms with E-state index in [0.29, 0.717) is 23.9 Å². The Kier molecular flexibility index (Phi) is 4.37. The summed E-state index contributed by atoms with van der Waals surface area (Å²) in [5.41, 5.74) is 12.2. The minimum atomic E-state index is -0.464. The van der Waals surface area contributed by atoms with E-state index < -0.39 is 5.91 Å². The van der Waals surface area contributed by atoms with Crippen molar-refractivity contribution in [1.29, 1.82) is 0 Å². The molecule has 1 aromatic heterocycles. The molecular formula is C14H21N3O2. The highest BCUT2D eigenvalue weighted by Crippen LogP contribution is 2.27. The van der Waals surface area contributed by atoms with Gasteiger partial charge in [0.1, 0.15) is 6.10 Å². The Morgan fingerprint density at radius 2 is 2.16 bits per heavy atom. The standard InChI is InChI=1S/C14H21N3O2/c1-9-6-11(14(16)18)7-13(17-9)19-12-5-3-2-4-10(12)8-15/h6-7,10,12H,2-5,8,15H2,1H3,(H2,16,18). The van der Waals surface area contributed by atoms with Crippen LogP contribution < -0.4 is 16.2 Å². The van der Waals surface area contributed by atoms with Crippen LogP contribution in [0.2, 0.25) is 0 Å². The predicted molar refractivity (Wildman–Crippen MR) is 72.9 cm³/mol. The third-order valence-electron chi connectivity index (χ3n) is 3.63. The lowest BCUT2D eigenvalue weighted by Crippen LogP contribution is -2.35. The van der Waals surface area contributed by atoms with Gasteiger partial charge in [-0.1, -0.05) is 6.42 Å². The molecule has 5 nitrogen and oxygen atoms in total. The minimum Gasteiger partial charge on any atom is -0.474 e. The highest BCUT2D eigenvalue weighted by molar-refractivity contribution is 5.93. The molecule has 2 atom stereocenters. The van der Waals surface area contributed by atoms with Gasteiger partial charge in [-0.15, -0.1) is 0 Å². The molecule has 1 amide bonds. The number of carbonyl (C=O) groups is 1. The van der Waals surface area contributed by atoms with Gasteiger partial charge in [0.25, 0.3) is 0 Å². The number of amides is 1. The van der Waals surface area contributed by atoms with Crippen LogP contribution in [0.5, 0.6) is 5.88 Å². The zero-order valence-electron chi connectivity index (χ0n) is 11.3. The second-order valence-electron chi connectivity index (χ2n) is 5.14. The summed E-state index contributed by atoms with van der Waals surface area (Å²) < 4.78 is 5.93. The van der Waals surface area contributed by atoms with Crippen LogP contribution in [-0.2, 0) is 0 Å². The first-order valence-electron chi connectivity index (χ1n) is 6.75. The number of aromatic nitrogens is 1. The third-order valence-corrected chi connectivity index (χ3v) is 3.63. The number of nitrogens with two attached hydrogens (primary N) is 2. The predicted octanol–water partition coefficient (Wildman–Crippen LogP) is 1.39. The van der Waals surface area contributed by atoms with Crippen LogP contribution in [0.25, 0.3) is 0 Å². The average molecular weight is 263 g/mol. The molecule has 0 spiro atoms. The summed E-state index contributed by atoms with van der Waals surface area (Å²) in [7, 11) is 0. The summed E-state index contributed by atoms with van der Waals surface area (Å²) in [6.07, 6.45) is 4.53. The summed E-state index contributed by atoms with van der Waals surface area (Å²) >= 11 is 0. The van der Waals surface area contributed by atoms with Gasteiger partial charge in [0.05, 0.1) is 0 Å². The van der Waals surface area contributed by atoms with Gasteiger partial charge in [-0.3, -0.25) is 4.79 Å². The van der Waals surface area contributed by atoms with Gasteiger partial charge in [-0.05, 0) is 38.8 Å². The fraction of sp³-hybridized carbons (Fsp3) is 0.571. The highest BCUT2D eigenvalue weighted by Gasteiger charge is 2.26. The van der Waals surface area contributed by atoms with Crippen LogP contribution >= 0.6 is 0 Å². The molecule has 1 aliphatic carbocycles. The molecule has 1 heterocycles. The van der Waals surface area contributed by atoms with Crippen LogP contribution in [0.3, 0.4) is 0 Å². The Bertz CT molecular complexity index is 462. The van der Waals surface area contributed by atoms with E-state index in [-0.39, 0.29) is 6.10 Å². The van der Waals surface area contributed by atoms with Crippen molar-refractivity contribution >= 4 is 5.91 Å². The van der Waals surface area contributed by atoms with E-state index in [2.05, 4.69) is 4.98 Å². The number of pyridine rings is 1. The molecule has 0 saturated heterocycles. The first kappa shape index (κ1) is 13.8. The van der Waals surface area contributed by atoms with E-state index in [1.165, 1.54) is 6.42 Å². The molecule has 0 aliphatic heterocycles. The van der Waals surface area contributed by atoms with E-state index in [0.717, 1.165) is 25.0 Å². The largest absolute Gasteiger partial charge is 0.474 e. The van der Waals surface area contributed by atoms with E-state index in [1.54, 1.807) is 12.1 Å². The lowest BCUT2D eigenvalue weighted by atomic mass is 9.86. The molecule has 104 valence electrons. The zero-order chi connectivity index (χ0) is 13.8. The quantitative estimate of drug-likeness (QED) is 0.858. The number of nitrogens with zero attached hydrogens (tertiary/aromatic N) is 1. The molecule has 1 aliphatic rings. The smallest absolute Gasteiger partial charge is 0.248 e. The topological polar surface area (TPSA) is 91.2 Å². The number of ether oxygens (including phenoxy) is 1. The molecule has 0 bridgehead atoms. The van der Waals surface area contributed by atoms with Crippen molar-refractivity contribution in [3.05, 3.63) is 23.4 Å². The molecule has 4 N–H and O–H groups in total. The maximum atomic E-state index is 11.2. The molecular weight excluding hydrogens is 242 g/mol. The monoisotopic (exact) mass is 263 g/mol. The number of hydrogen-bond donors (Lipinski definition) is 2. The number of aryl methyl sites for hydroxylation is 1. The molecule has 0 radical (unpaired) electrons. The molecule has 19 heavy (non-hydrogen) atoms. The van der Waals surface area contributed by atoms with Gasteiger partial charge in [-0.2, -0.15) is 0 Å². The van der Waals surface area contributed by atoms with Gasteiger partial charge in [0.2, 0.25) is 11.8 Å². The zero-order valence-corrected chi connectivity index (χ0v) is 11.3. The van der Waals surface area contributed by atoms with Crippen molar-refractivity contribution in [2.24, 2.45) is 17.4 Å². The molecule has 0 aromatic carbocycles. The van der Waals surface area contributed by atoms with Crippen molar-refractivity contribution in [2.45, 2.75) is 38.7 Å². The molecule has 2 rings (SSSR count). The Morgan fingerprint density at radius 3 is 2.84 bits per heavy atom. The molecule has 2 unspecified atom stereocenters. The first-order valence-corrected chi connectivity index (χ1v) is 6.75. The number of carbonyl (C=O) groups excluding carboxylic acids is 1. The maximum absolute atomic E-state index is 11.2. The fourth-order valence-corrected chi connectivity index (χ4v) is 2.59. The average Bonchev–Trinajstić information content (AvgIpc) is 2.38. The molecule has 1 fully saturated rings. The van der Waals surface area contributed by atoms with E-state index >= 15 is 0 Å². The molecule has 1 aromatic rings. The number of hydrogen-bond acceptors (Lipinski definition) is 4. The van der Waals surface area contributed by atoms with Crippen molar-refractivity contribution in [2.75, 3.05) is 6.54 Å². The van der Waals surface area contributed by atoms with Crippen LogP contribution in [-0.4, -0.2) is 23.5 Å². The molecule has 5 heteroatoms. The van der Waals surface area contributed by atoms with E-state index in [4.69, 9.17) is 16.2 Å².